The molecule has 2 aromatic carbocycles. The summed E-state index contributed by atoms with van der Waals surface area (Å²) in [5.41, 5.74) is 5.04. The van der Waals surface area contributed by atoms with Gasteiger partial charge in [0.15, 0.2) is 0 Å². The Morgan fingerprint density at radius 1 is 1.06 bits per heavy atom. The van der Waals surface area contributed by atoms with Crippen LogP contribution in [-0.4, -0.2) is 36.0 Å². The zero-order valence-corrected chi connectivity index (χ0v) is 20.9. The molecule has 3 aromatic rings. The number of ether oxygens (including phenoxy) is 1. The maximum atomic E-state index is 12.0. The minimum absolute atomic E-state index is 0.275. The Labute approximate surface area is 207 Å². The van der Waals surface area contributed by atoms with Gasteiger partial charge in [0, 0.05) is 30.1 Å². The monoisotopic (exact) mass is 499 g/mol. The Kier molecular flexibility index (Phi) is 9.67. The summed E-state index contributed by atoms with van der Waals surface area (Å²) in [6, 6.07) is 15.7. The van der Waals surface area contributed by atoms with Crippen molar-refractivity contribution >= 4 is 45.1 Å². The molecule has 1 atom stereocenters. The third kappa shape index (κ3) is 7.41. The number of benzene rings is 2. The molecule has 0 aliphatic heterocycles. The van der Waals surface area contributed by atoms with E-state index in [2.05, 4.69) is 47.5 Å². The van der Waals surface area contributed by atoms with Crippen LogP contribution in [0.25, 0.3) is 10.1 Å². The lowest BCUT2D eigenvalue weighted by molar-refractivity contribution is -0.142. The molecule has 1 aromatic heterocycles. The first-order chi connectivity index (χ1) is 16.4. The molecule has 9 heteroatoms. The van der Waals surface area contributed by atoms with Crippen LogP contribution in [0.3, 0.4) is 0 Å². The van der Waals surface area contributed by atoms with Crippen LogP contribution in [0.15, 0.2) is 60.0 Å². The van der Waals surface area contributed by atoms with Gasteiger partial charge in [-0.15, -0.1) is 23.1 Å². The summed E-state index contributed by atoms with van der Waals surface area (Å²) in [7, 11) is 1.40. The minimum Gasteiger partial charge on any atom is -0.468 e. The average molecular weight is 500 g/mol. The zero-order chi connectivity index (χ0) is 24.5. The summed E-state index contributed by atoms with van der Waals surface area (Å²) in [4.78, 5) is 25.0. The summed E-state index contributed by atoms with van der Waals surface area (Å²) in [5, 5.41) is 16.5. The van der Waals surface area contributed by atoms with Crippen LogP contribution in [0.4, 0.5) is 0 Å². The van der Waals surface area contributed by atoms with E-state index in [0.29, 0.717) is 30.3 Å². The number of allylic oxidation sites excluding steroid dienone is 1. The first-order valence-electron chi connectivity index (χ1n) is 10.7. The van der Waals surface area contributed by atoms with Crippen LogP contribution in [0, 0.1) is 0 Å². The highest BCUT2D eigenvalue weighted by atomic mass is 32.2. The van der Waals surface area contributed by atoms with Gasteiger partial charge in [0.1, 0.15) is 6.04 Å². The van der Waals surface area contributed by atoms with Gasteiger partial charge < -0.3 is 10.1 Å². The number of esters is 1. The molecule has 0 aliphatic carbocycles. The number of methoxy groups -OCH3 is 1. The fraction of sp³-hybridized carbons (Fsp3) is 0.280. The van der Waals surface area contributed by atoms with Crippen LogP contribution >= 0.6 is 23.1 Å². The van der Waals surface area contributed by atoms with Crippen LogP contribution < -0.4 is 16.1 Å². The molecule has 0 unspecified atom stereocenters. The van der Waals surface area contributed by atoms with Gasteiger partial charge in [0.05, 0.1) is 12.0 Å². The molecule has 34 heavy (non-hydrogen) atoms. The normalized spacial score (nSPS) is 11.9. The fourth-order valence-corrected chi connectivity index (χ4v) is 5.02. The molecule has 0 bridgehead atoms. The topological polar surface area (TPSA) is 99.7 Å². The lowest BCUT2D eigenvalue weighted by Gasteiger charge is -2.16. The van der Waals surface area contributed by atoms with E-state index in [0.717, 1.165) is 31.7 Å². The first-order valence-corrected chi connectivity index (χ1v) is 12.5. The van der Waals surface area contributed by atoms with Crippen molar-refractivity contribution in [2.75, 3.05) is 12.9 Å². The second-order valence-corrected chi connectivity index (χ2v) is 10.2. The summed E-state index contributed by atoms with van der Waals surface area (Å²) in [6.07, 6.45) is 0. The van der Waals surface area contributed by atoms with Gasteiger partial charge in [-0.25, -0.2) is 5.48 Å². The van der Waals surface area contributed by atoms with Crippen LogP contribution in [0.2, 0.25) is 0 Å². The van der Waals surface area contributed by atoms with E-state index in [1.165, 1.54) is 30.2 Å². The fourth-order valence-electron chi connectivity index (χ4n) is 3.30. The van der Waals surface area contributed by atoms with Crippen LogP contribution in [0.5, 0.6) is 0 Å². The lowest BCUT2D eigenvalue weighted by Crippen LogP contribution is -2.39. The van der Waals surface area contributed by atoms with Gasteiger partial charge in [-0.1, -0.05) is 43.0 Å². The third-order valence-electron chi connectivity index (χ3n) is 5.13. The van der Waals surface area contributed by atoms with Crippen molar-refractivity contribution in [3.05, 3.63) is 81.6 Å². The standard InChI is InChI=1S/C25H29N3O4S2/c1-16(2)33-15-21(25(30)32-3)27-14-18-6-4-17(5-7-18)12-26-13-19-8-9-20-11-23(24(29)28-31)34-22(20)10-19/h4-11,21,26-27,31H,1,12-15H2,2-3H3,(H,28,29)/t21-/m0/s1. The van der Waals surface area contributed by atoms with Gasteiger partial charge in [-0.3, -0.25) is 20.1 Å². The number of hydroxylamine groups is 1. The number of fused-ring (bicyclic) bond motifs is 1. The van der Waals surface area contributed by atoms with Crippen molar-refractivity contribution in [2.45, 2.75) is 32.6 Å². The number of rotatable bonds is 12. The number of hydrogen-bond acceptors (Lipinski definition) is 8. The minimum atomic E-state index is -0.494. The van der Waals surface area contributed by atoms with E-state index >= 15 is 0 Å². The first kappa shape index (κ1) is 25.9. The summed E-state index contributed by atoms with van der Waals surface area (Å²) in [5.74, 6) is -0.189. The summed E-state index contributed by atoms with van der Waals surface area (Å²) in [6.45, 7) is 7.76. The number of carbonyl (C=O) groups excluding carboxylic acids is 2. The highest BCUT2D eigenvalue weighted by Crippen LogP contribution is 2.26. The largest absolute Gasteiger partial charge is 0.468 e. The molecule has 3 rings (SSSR count). The molecular formula is C25H29N3O4S2. The molecule has 0 radical (unpaired) electrons. The van der Waals surface area contributed by atoms with Crippen molar-refractivity contribution in [2.24, 2.45) is 0 Å². The molecule has 0 saturated carbocycles. The van der Waals surface area contributed by atoms with E-state index in [1.54, 1.807) is 11.5 Å². The summed E-state index contributed by atoms with van der Waals surface area (Å²) >= 11 is 2.89. The van der Waals surface area contributed by atoms with Gasteiger partial charge in [-0.05, 0) is 46.0 Å². The van der Waals surface area contributed by atoms with Crippen molar-refractivity contribution in [1.82, 2.24) is 16.1 Å². The Bertz CT molecular complexity index is 1140. The van der Waals surface area contributed by atoms with Crippen molar-refractivity contribution < 1.29 is 19.5 Å². The Morgan fingerprint density at radius 3 is 2.35 bits per heavy atom. The van der Waals surface area contributed by atoms with E-state index in [-0.39, 0.29) is 12.0 Å². The van der Waals surface area contributed by atoms with Gasteiger partial charge in [0.25, 0.3) is 5.91 Å². The van der Waals surface area contributed by atoms with E-state index in [9.17, 15) is 9.59 Å². The third-order valence-corrected chi connectivity index (χ3v) is 7.22. The number of thioether (sulfide) groups is 1. The molecule has 7 nitrogen and oxygen atoms in total. The van der Waals surface area contributed by atoms with Crippen LogP contribution in [0.1, 0.15) is 33.3 Å². The van der Waals surface area contributed by atoms with Gasteiger partial charge >= 0.3 is 5.97 Å². The molecule has 0 aliphatic rings. The van der Waals surface area contributed by atoms with E-state index < -0.39 is 5.91 Å². The maximum absolute atomic E-state index is 12.0. The average Bonchev–Trinajstić information content (AvgIpc) is 3.27. The summed E-state index contributed by atoms with van der Waals surface area (Å²) < 4.78 is 5.90. The second-order valence-electron chi connectivity index (χ2n) is 7.81. The Hall–Kier alpha value is -2.69. The lowest BCUT2D eigenvalue weighted by atomic mass is 10.1. The van der Waals surface area contributed by atoms with Crippen LogP contribution in [-0.2, 0) is 29.2 Å². The molecule has 0 spiro atoms. The van der Waals surface area contributed by atoms with E-state index in [4.69, 9.17) is 9.94 Å². The highest BCUT2D eigenvalue weighted by molar-refractivity contribution is 8.03. The van der Waals surface area contributed by atoms with Crippen molar-refractivity contribution in [1.29, 1.82) is 0 Å². The van der Waals surface area contributed by atoms with Crippen molar-refractivity contribution in [3.63, 3.8) is 0 Å². The molecular weight excluding hydrogens is 470 g/mol. The van der Waals surface area contributed by atoms with Gasteiger partial charge in [0.2, 0.25) is 0 Å². The molecule has 1 amide bonds. The number of nitrogens with one attached hydrogen (secondary N) is 3. The smallest absolute Gasteiger partial charge is 0.323 e. The predicted octanol–water partition coefficient (Wildman–Crippen LogP) is 4.21. The molecule has 4 N–H and O–H groups in total. The number of thiophene rings is 1. The van der Waals surface area contributed by atoms with Gasteiger partial charge in [-0.2, -0.15) is 0 Å². The quantitative estimate of drug-likeness (QED) is 0.168. The van der Waals surface area contributed by atoms with Crippen molar-refractivity contribution in [3.8, 4) is 0 Å². The second kappa shape index (κ2) is 12.7. The Balaban J connectivity index is 1.49. The highest BCUT2D eigenvalue weighted by Gasteiger charge is 2.18. The number of hydrogen-bond donors (Lipinski definition) is 4. The number of amides is 1. The molecule has 0 saturated heterocycles. The SMILES string of the molecule is C=C(C)SC[C@H](NCc1ccc(CNCc2ccc3cc(C(=O)NO)sc3c2)cc1)C(=O)OC. The zero-order valence-electron chi connectivity index (χ0n) is 19.2. The molecule has 180 valence electrons. The molecule has 0 fully saturated rings. The molecule has 1 heterocycles. The number of carbonyl (C=O) groups is 2. The predicted molar refractivity (Wildman–Crippen MR) is 138 cm³/mol. The van der Waals surface area contributed by atoms with E-state index in [1.807, 2.05) is 19.1 Å². The Morgan fingerprint density at radius 2 is 1.71 bits per heavy atom. The maximum Gasteiger partial charge on any atom is 0.323 e.